The van der Waals surface area contributed by atoms with Crippen molar-refractivity contribution < 1.29 is 14.3 Å². The number of amides is 2. The van der Waals surface area contributed by atoms with E-state index in [9.17, 15) is 9.59 Å². The molecule has 0 bridgehead atoms. The zero-order valence-corrected chi connectivity index (χ0v) is 14.3. The largest absolute Gasteiger partial charge is 0.383 e. The second-order valence-electron chi connectivity index (χ2n) is 5.89. The summed E-state index contributed by atoms with van der Waals surface area (Å²) >= 11 is 0. The fraction of sp³-hybridized carbons (Fsp3) is 0.556. The van der Waals surface area contributed by atoms with Crippen LogP contribution in [0.2, 0.25) is 0 Å². The van der Waals surface area contributed by atoms with Crippen molar-refractivity contribution in [2.45, 2.75) is 25.3 Å². The van der Waals surface area contributed by atoms with Gasteiger partial charge in [-0.2, -0.15) is 0 Å². The van der Waals surface area contributed by atoms with Crippen LogP contribution >= 0.6 is 0 Å². The lowest BCUT2D eigenvalue weighted by molar-refractivity contribution is -0.142. The molecule has 6 heteroatoms. The number of carbonyl (C=O) groups is 2. The molecule has 1 fully saturated rings. The van der Waals surface area contributed by atoms with Gasteiger partial charge in [0.1, 0.15) is 6.04 Å². The molecule has 0 aliphatic carbocycles. The average molecular weight is 333 g/mol. The summed E-state index contributed by atoms with van der Waals surface area (Å²) in [6, 6.07) is 8.98. The first-order chi connectivity index (χ1) is 11.7. The van der Waals surface area contributed by atoms with Crippen LogP contribution < -0.4 is 10.6 Å². The summed E-state index contributed by atoms with van der Waals surface area (Å²) in [4.78, 5) is 26.7. The molecule has 1 aliphatic rings. The summed E-state index contributed by atoms with van der Waals surface area (Å²) in [5.74, 6) is -0.0616. The number of rotatable bonds is 9. The molecule has 1 aromatic rings. The molecular weight excluding hydrogens is 306 g/mol. The number of nitrogens with zero attached hydrogens (tertiary/aromatic N) is 1. The van der Waals surface area contributed by atoms with Crippen LogP contribution in [0.5, 0.6) is 0 Å². The molecule has 1 heterocycles. The van der Waals surface area contributed by atoms with Gasteiger partial charge < -0.3 is 20.3 Å². The third kappa shape index (κ3) is 5.32. The van der Waals surface area contributed by atoms with E-state index in [1.807, 2.05) is 30.3 Å². The van der Waals surface area contributed by atoms with Crippen LogP contribution in [-0.4, -0.2) is 56.6 Å². The topological polar surface area (TPSA) is 70.7 Å². The smallest absolute Gasteiger partial charge is 0.247 e. The highest BCUT2D eigenvalue weighted by molar-refractivity contribution is 5.89. The number of hydrogen-bond acceptors (Lipinski definition) is 4. The maximum absolute atomic E-state index is 12.7. The molecule has 0 aromatic heterocycles. The third-order valence-electron chi connectivity index (χ3n) is 4.12. The van der Waals surface area contributed by atoms with Gasteiger partial charge in [-0.15, -0.1) is 0 Å². The van der Waals surface area contributed by atoms with Crippen LogP contribution in [-0.2, 0) is 14.3 Å². The van der Waals surface area contributed by atoms with E-state index in [2.05, 4.69) is 10.6 Å². The predicted octanol–water partition coefficient (Wildman–Crippen LogP) is 1.09. The molecule has 0 saturated carbocycles. The minimum atomic E-state index is -0.544. The Morgan fingerprint density at radius 3 is 2.71 bits per heavy atom. The normalized spacial score (nSPS) is 16.0. The Morgan fingerprint density at radius 1 is 1.21 bits per heavy atom. The lowest BCUT2D eigenvalue weighted by Crippen LogP contribution is -2.46. The summed E-state index contributed by atoms with van der Waals surface area (Å²) in [5.41, 5.74) is 0.859. The standard InChI is InChI=1S/C18H27N3O3/c1-24-14-12-19-10-11-20-18(23)17(15-7-3-2-4-8-15)21-13-6-5-9-16(21)22/h2-4,7-8,17,19H,5-6,9-14H2,1H3,(H,20,23). The van der Waals surface area contributed by atoms with Crippen LogP contribution in [0, 0.1) is 0 Å². The lowest BCUT2D eigenvalue weighted by Gasteiger charge is -2.34. The van der Waals surface area contributed by atoms with Crippen molar-refractivity contribution >= 4 is 11.8 Å². The van der Waals surface area contributed by atoms with E-state index in [0.717, 1.165) is 24.9 Å². The summed E-state index contributed by atoms with van der Waals surface area (Å²) in [5, 5.41) is 6.13. The number of hydrogen-bond donors (Lipinski definition) is 2. The molecule has 0 spiro atoms. The van der Waals surface area contributed by atoms with Gasteiger partial charge in [-0.25, -0.2) is 0 Å². The number of ether oxygens (including phenoxy) is 1. The first kappa shape index (κ1) is 18.4. The van der Waals surface area contributed by atoms with Crippen molar-refractivity contribution in [1.82, 2.24) is 15.5 Å². The zero-order chi connectivity index (χ0) is 17.2. The van der Waals surface area contributed by atoms with E-state index in [0.29, 0.717) is 32.7 Å². The Bertz CT molecular complexity index is 522. The number of piperidine rings is 1. The first-order valence-corrected chi connectivity index (χ1v) is 8.56. The number of likely N-dealkylation sites (tertiary alicyclic amines) is 1. The van der Waals surface area contributed by atoms with Gasteiger partial charge in [0, 0.05) is 39.7 Å². The van der Waals surface area contributed by atoms with E-state index >= 15 is 0 Å². The minimum absolute atomic E-state index is 0.0588. The van der Waals surface area contributed by atoms with Crippen molar-refractivity contribution in [3.63, 3.8) is 0 Å². The van der Waals surface area contributed by atoms with E-state index in [1.165, 1.54) is 0 Å². The number of nitrogens with one attached hydrogen (secondary N) is 2. The molecule has 2 rings (SSSR count). The van der Waals surface area contributed by atoms with Gasteiger partial charge in [0.05, 0.1) is 6.61 Å². The molecule has 2 amide bonds. The van der Waals surface area contributed by atoms with Crippen LogP contribution in [0.4, 0.5) is 0 Å². The molecule has 0 radical (unpaired) electrons. The molecule has 1 atom stereocenters. The Morgan fingerprint density at radius 2 is 2.00 bits per heavy atom. The maximum atomic E-state index is 12.7. The predicted molar refractivity (Wildman–Crippen MR) is 92.5 cm³/mol. The zero-order valence-electron chi connectivity index (χ0n) is 14.3. The quantitative estimate of drug-likeness (QED) is 0.664. The van der Waals surface area contributed by atoms with Gasteiger partial charge in [-0.05, 0) is 18.4 Å². The molecule has 1 aromatic carbocycles. The van der Waals surface area contributed by atoms with Crippen LogP contribution in [0.3, 0.4) is 0 Å². The molecular formula is C18H27N3O3. The molecule has 1 unspecified atom stereocenters. The van der Waals surface area contributed by atoms with Crippen molar-refractivity contribution in [2.24, 2.45) is 0 Å². The van der Waals surface area contributed by atoms with Crippen LogP contribution in [0.25, 0.3) is 0 Å². The Kier molecular flexibility index (Phi) is 7.71. The second kappa shape index (κ2) is 10.1. The second-order valence-corrected chi connectivity index (χ2v) is 5.89. The first-order valence-electron chi connectivity index (χ1n) is 8.56. The molecule has 1 saturated heterocycles. The monoisotopic (exact) mass is 333 g/mol. The fourth-order valence-electron chi connectivity index (χ4n) is 2.88. The number of carbonyl (C=O) groups excluding carboxylic acids is 2. The Labute approximate surface area is 143 Å². The minimum Gasteiger partial charge on any atom is -0.383 e. The SMILES string of the molecule is COCCNCCNC(=O)C(c1ccccc1)N1CCCCC1=O. The van der Waals surface area contributed by atoms with Crippen molar-refractivity contribution in [3.05, 3.63) is 35.9 Å². The van der Waals surface area contributed by atoms with Crippen LogP contribution in [0.15, 0.2) is 30.3 Å². The van der Waals surface area contributed by atoms with Crippen LogP contribution in [0.1, 0.15) is 30.9 Å². The summed E-state index contributed by atoms with van der Waals surface area (Å²) in [6.45, 7) is 3.22. The lowest BCUT2D eigenvalue weighted by atomic mass is 10.0. The summed E-state index contributed by atoms with van der Waals surface area (Å²) in [7, 11) is 1.66. The van der Waals surface area contributed by atoms with Gasteiger partial charge in [0.15, 0.2) is 0 Å². The van der Waals surface area contributed by atoms with Crippen molar-refractivity contribution in [3.8, 4) is 0 Å². The maximum Gasteiger partial charge on any atom is 0.247 e. The summed E-state index contributed by atoms with van der Waals surface area (Å²) in [6.07, 6.45) is 2.37. The van der Waals surface area contributed by atoms with E-state index in [4.69, 9.17) is 4.74 Å². The third-order valence-corrected chi connectivity index (χ3v) is 4.12. The van der Waals surface area contributed by atoms with Crippen molar-refractivity contribution in [1.29, 1.82) is 0 Å². The Hall–Kier alpha value is -1.92. The van der Waals surface area contributed by atoms with E-state index in [1.54, 1.807) is 12.0 Å². The van der Waals surface area contributed by atoms with Crippen molar-refractivity contribution in [2.75, 3.05) is 39.9 Å². The van der Waals surface area contributed by atoms with Gasteiger partial charge in [0.25, 0.3) is 0 Å². The molecule has 132 valence electrons. The van der Waals surface area contributed by atoms with E-state index < -0.39 is 6.04 Å². The molecule has 6 nitrogen and oxygen atoms in total. The van der Waals surface area contributed by atoms with Gasteiger partial charge in [-0.3, -0.25) is 9.59 Å². The summed E-state index contributed by atoms with van der Waals surface area (Å²) < 4.78 is 4.96. The fourth-order valence-corrected chi connectivity index (χ4v) is 2.88. The molecule has 24 heavy (non-hydrogen) atoms. The van der Waals surface area contributed by atoms with Gasteiger partial charge >= 0.3 is 0 Å². The van der Waals surface area contributed by atoms with E-state index in [-0.39, 0.29) is 11.8 Å². The highest BCUT2D eigenvalue weighted by Gasteiger charge is 2.32. The molecule has 2 N–H and O–H groups in total. The number of benzene rings is 1. The van der Waals surface area contributed by atoms with Gasteiger partial charge in [-0.1, -0.05) is 30.3 Å². The Balaban J connectivity index is 1.97. The highest BCUT2D eigenvalue weighted by Crippen LogP contribution is 2.25. The number of methoxy groups -OCH3 is 1. The van der Waals surface area contributed by atoms with Gasteiger partial charge in [0.2, 0.25) is 11.8 Å². The highest BCUT2D eigenvalue weighted by atomic mass is 16.5. The molecule has 1 aliphatic heterocycles. The average Bonchev–Trinajstić information content (AvgIpc) is 2.61.